The summed E-state index contributed by atoms with van der Waals surface area (Å²) in [4.78, 5) is 16.8. The zero-order chi connectivity index (χ0) is 21.3. The van der Waals surface area contributed by atoms with Crippen LogP contribution in [0.5, 0.6) is 0 Å². The summed E-state index contributed by atoms with van der Waals surface area (Å²) in [7, 11) is -1.63. The van der Waals surface area contributed by atoms with Crippen LogP contribution in [0.1, 0.15) is 54.9 Å². The van der Waals surface area contributed by atoms with Crippen molar-refractivity contribution in [3.8, 4) is 0 Å². The molecular weight excluding hydrogens is 400 g/mol. The third-order valence-corrected chi connectivity index (χ3v) is 6.99. The number of aromatic nitrogens is 2. The highest BCUT2D eigenvalue weighted by molar-refractivity contribution is 7.90. The Morgan fingerprint density at radius 2 is 2.24 bits per heavy atom. The summed E-state index contributed by atoms with van der Waals surface area (Å²) < 4.78 is 51.7. The zero-order valence-corrected chi connectivity index (χ0v) is 17.4. The molecule has 3 rings (SSSR count). The number of carbonyl (C=O) groups excluding carboxylic acids is 1. The maximum Gasteiger partial charge on any atom is 0.280 e. The van der Waals surface area contributed by atoms with Crippen LogP contribution in [0, 0.1) is 10.7 Å². The fourth-order valence-corrected chi connectivity index (χ4v) is 5.35. The van der Waals surface area contributed by atoms with Gasteiger partial charge in [-0.15, -0.1) is 0 Å². The summed E-state index contributed by atoms with van der Waals surface area (Å²) in [5.74, 6) is -0.266. The van der Waals surface area contributed by atoms with Crippen LogP contribution in [-0.2, 0) is 23.4 Å². The molecule has 0 saturated heterocycles. The van der Waals surface area contributed by atoms with E-state index in [-0.39, 0.29) is 23.3 Å². The molecule has 7 nitrogen and oxygen atoms in total. The van der Waals surface area contributed by atoms with E-state index in [4.69, 9.17) is 4.78 Å². The molecular formula is C19H25F2N5O2S. The predicted octanol–water partition coefficient (Wildman–Crippen LogP) is 3.88. The summed E-state index contributed by atoms with van der Waals surface area (Å²) in [5, 5.41) is 2.62. The van der Waals surface area contributed by atoms with E-state index < -0.39 is 27.9 Å². The maximum atomic E-state index is 13.1. The number of hydrogen-bond acceptors (Lipinski definition) is 4. The lowest BCUT2D eigenvalue weighted by Gasteiger charge is -2.22. The molecule has 3 atom stereocenters. The molecule has 0 fully saturated rings. The smallest absolute Gasteiger partial charge is 0.280 e. The number of alkyl halides is 2. The van der Waals surface area contributed by atoms with E-state index in [0.29, 0.717) is 23.3 Å². The summed E-state index contributed by atoms with van der Waals surface area (Å²) >= 11 is 0. The van der Waals surface area contributed by atoms with Gasteiger partial charge < -0.3 is 9.88 Å². The summed E-state index contributed by atoms with van der Waals surface area (Å²) in [5.41, 5.74) is 0.614. The number of hydrogen-bond donors (Lipinski definition) is 3. The van der Waals surface area contributed by atoms with Gasteiger partial charge in [-0.3, -0.25) is 9.78 Å². The van der Waals surface area contributed by atoms with E-state index in [9.17, 15) is 17.8 Å². The average Bonchev–Trinajstić information content (AvgIpc) is 2.95. The first-order valence-corrected chi connectivity index (χ1v) is 11.0. The quantitative estimate of drug-likeness (QED) is 0.678. The van der Waals surface area contributed by atoms with Gasteiger partial charge in [-0.05, 0) is 30.9 Å². The number of fused-ring (bicyclic) bond motifs is 1. The van der Waals surface area contributed by atoms with Crippen LogP contribution in [0.3, 0.4) is 0 Å². The van der Waals surface area contributed by atoms with Crippen molar-refractivity contribution < 1.29 is 17.8 Å². The number of nitrogens with zero attached hydrogens (tertiary/aromatic N) is 2. The normalized spacial score (nSPS) is 22.8. The first-order valence-electron chi connectivity index (χ1n) is 9.43. The molecule has 158 valence electrons. The second-order valence-corrected chi connectivity index (χ2v) is 9.15. The summed E-state index contributed by atoms with van der Waals surface area (Å²) in [6.07, 6.45) is 2.03. The number of nitrogens with one attached hydrogen (secondary N) is 3. The van der Waals surface area contributed by atoms with Crippen LogP contribution in [-0.4, -0.2) is 25.7 Å². The topological polar surface area (TPSA) is 99.9 Å². The summed E-state index contributed by atoms with van der Waals surface area (Å²) in [6, 6.07) is 2.46. The molecule has 1 aliphatic heterocycles. The largest absolute Gasteiger partial charge is 0.345 e. The molecule has 2 aromatic rings. The molecule has 0 radical (unpaired) electrons. The van der Waals surface area contributed by atoms with Gasteiger partial charge in [0.2, 0.25) is 0 Å². The number of amides is 1. The van der Waals surface area contributed by atoms with Gasteiger partial charge in [0.25, 0.3) is 12.3 Å². The van der Waals surface area contributed by atoms with E-state index in [1.165, 1.54) is 16.8 Å². The van der Waals surface area contributed by atoms with E-state index in [1.54, 1.807) is 13.2 Å². The lowest BCUT2D eigenvalue weighted by molar-refractivity contribution is 0.101. The van der Waals surface area contributed by atoms with E-state index in [0.717, 1.165) is 12.5 Å². The molecule has 0 aromatic carbocycles. The van der Waals surface area contributed by atoms with E-state index >= 15 is 0 Å². The van der Waals surface area contributed by atoms with E-state index in [2.05, 4.69) is 15.0 Å². The monoisotopic (exact) mass is 425 g/mol. The number of halogens is 2. The van der Waals surface area contributed by atoms with Gasteiger partial charge >= 0.3 is 0 Å². The lowest BCUT2D eigenvalue weighted by Crippen LogP contribution is -2.37. The summed E-state index contributed by atoms with van der Waals surface area (Å²) in [6.45, 7) is 4.08. The molecule has 0 aliphatic carbocycles. The second-order valence-electron chi connectivity index (χ2n) is 7.36. The highest BCUT2D eigenvalue weighted by Gasteiger charge is 2.32. The van der Waals surface area contributed by atoms with Gasteiger partial charge in [0.1, 0.15) is 21.3 Å². The first kappa shape index (κ1) is 21.4. The number of pyridine rings is 1. The van der Waals surface area contributed by atoms with Crippen molar-refractivity contribution in [1.82, 2.24) is 14.3 Å². The van der Waals surface area contributed by atoms with Crippen LogP contribution in [0.4, 0.5) is 14.5 Å². The van der Waals surface area contributed by atoms with Crippen LogP contribution in [0.25, 0.3) is 0 Å². The molecule has 10 heteroatoms. The van der Waals surface area contributed by atoms with Crippen molar-refractivity contribution in [2.75, 3.05) is 5.32 Å². The number of rotatable bonds is 5. The minimum Gasteiger partial charge on any atom is -0.345 e. The third kappa shape index (κ3) is 4.32. The van der Waals surface area contributed by atoms with Crippen LogP contribution in [0.15, 0.2) is 29.4 Å². The minimum atomic E-state index is -3.27. The van der Waals surface area contributed by atoms with E-state index in [1.807, 2.05) is 13.8 Å². The Bertz CT molecular complexity index is 1020. The Kier molecular flexibility index (Phi) is 6.04. The van der Waals surface area contributed by atoms with Gasteiger partial charge in [0.05, 0.1) is 4.90 Å². The van der Waals surface area contributed by atoms with Crippen molar-refractivity contribution >= 4 is 21.5 Å². The number of aryl methyl sites for hydroxylation is 1. The molecule has 0 spiro atoms. The fourth-order valence-electron chi connectivity index (χ4n) is 3.59. The van der Waals surface area contributed by atoms with Crippen molar-refractivity contribution in [3.05, 3.63) is 41.5 Å². The highest BCUT2D eigenvalue weighted by atomic mass is 32.2. The molecule has 3 heterocycles. The Balaban J connectivity index is 1.94. The fraction of sp³-hybridized carbons (Fsp3) is 0.474. The molecule has 2 aromatic heterocycles. The van der Waals surface area contributed by atoms with Gasteiger partial charge in [0.15, 0.2) is 0 Å². The Morgan fingerprint density at radius 3 is 2.90 bits per heavy atom. The molecule has 1 amide bonds. The molecule has 29 heavy (non-hydrogen) atoms. The third-order valence-electron chi connectivity index (χ3n) is 5.39. The Morgan fingerprint density at radius 1 is 1.52 bits per heavy atom. The average molecular weight is 426 g/mol. The molecule has 1 unspecified atom stereocenters. The maximum absolute atomic E-state index is 13.1. The van der Waals surface area contributed by atoms with Gasteiger partial charge in [-0.2, -0.15) is 0 Å². The molecule has 1 aliphatic rings. The second kappa shape index (κ2) is 8.19. The number of carbonyl (C=O) groups is 1. The van der Waals surface area contributed by atoms with Crippen molar-refractivity contribution in [2.45, 2.75) is 50.5 Å². The molecule has 0 bridgehead atoms. The first-order chi connectivity index (χ1) is 13.6. The van der Waals surface area contributed by atoms with Gasteiger partial charge in [0, 0.05) is 36.7 Å². The standard InChI is InChI=1S/C19H25F2N5O2S/c1-4-11(2)14-6-5-13-16(29(22,28)25-14)10-26(3)17(13)19(27)24-12-7-8-23-15(9-12)18(20)21/h7-11,14,18H,4-6H2,1-3H3,(H2,22,25,28)(H,23,24,27)/t11-,14+,29?/m0/s1. The van der Waals surface area contributed by atoms with Crippen molar-refractivity contribution in [2.24, 2.45) is 13.0 Å². The van der Waals surface area contributed by atoms with Crippen molar-refractivity contribution in [3.63, 3.8) is 0 Å². The zero-order valence-electron chi connectivity index (χ0n) is 16.5. The van der Waals surface area contributed by atoms with Crippen LogP contribution < -0.4 is 10.0 Å². The van der Waals surface area contributed by atoms with Gasteiger partial charge in [-0.25, -0.2) is 22.5 Å². The lowest BCUT2D eigenvalue weighted by atomic mass is 9.94. The highest BCUT2D eigenvalue weighted by Crippen LogP contribution is 2.30. The van der Waals surface area contributed by atoms with Gasteiger partial charge in [-0.1, -0.05) is 20.3 Å². The SMILES string of the molecule is CC[C@H](C)[C@H]1CCc2c(cn(C)c2C(=O)Nc2ccnc(C(F)F)c2)S(=N)(=O)N1. The molecule has 3 N–H and O–H groups in total. The van der Waals surface area contributed by atoms with Crippen molar-refractivity contribution in [1.29, 1.82) is 4.78 Å². The Labute approximate surface area is 169 Å². The van der Waals surface area contributed by atoms with Crippen LogP contribution >= 0.6 is 0 Å². The minimum absolute atomic E-state index is 0.0904. The predicted molar refractivity (Wildman–Crippen MR) is 106 cm³/mol. The van der Waals surface area contributed by atoms with Crippen LogP contribution in [0.2, 0.25) is 0 Å². The Hall–Kier alpha value is -2.33. The molecule has 0 saturated carbocycles. The number of anilines is 1.